The molecule has 0 bridgehead atoms. The predicted molar refractivity (Wildman–Crippen MR) is 127 cm³/mol. The van der Waals surface area contributed by atoms with Crippen LogP contribution in [0.5, 0.6) is 23.0 Å². The van der Waals surface area contributed by atoms with Crippen LogP contribution in [0.25, 0.3) is 0 Å². The normalized spacial score (nSPS) is 25.4. The predicted octanol–water partition coefficient (Wildman–Crippen LogP) is -1.02. The highest BCUT2D eigenvalue weighted by atomic mass is 16.7. The lowest BCUT2D eigenvalue weighted by atomic mass is 9.99. The number of aromatic hydroxyl groups is 1. The van der Waals surface area contributed by atoms with Crippen LogP contribution in [-0.4, -0.2) is 105 Å². The van der Waals surface area contributed by atoms with Gasteiger partial charge in [0.25, 0.3) is 0 Å². The van der Waals surface area contributed by atoms with E-state index in [1.54, 1.807) is 6.07 Å². The van der Waals surface area contributed by atoms with Crippen molar-refractivity contribution in [3.63, 3.8) is 0 Å². The molecule has 8 N–H and O–H groups in total. The maximum absolute atomic E-state index is 10.9. The smallest absolute Gasteiger partial charge is 0.229 e. The molecule has 12 nitrogen and oxygen atoms in total. The highest BCUT2D eigenvalue weighted by molar-refractivity contribution is 5.45. The molecule has 1 aliphatic rings. The van der Waals surface area contributed by atoms with E-state index < -0.39 is 56.1 Å². The largest absolute Gasteiger partial charge is 0.504 e. The van der Waals surface area contributed by atoms with Gasteiger partial charge in [-0.2, -0.15) is 0 Å². The van der Waals surface area contributed by atoms with E-state index in [-0.39, 0.29) is 35.2 Å². The molecule has 0 aliphatic carbocycles. The van der Waals surface area contributed by atoms with Gasteiger partial charge in [0.2, 0.25) is 6.29 Å². The van der Waals surface area contributed by atoms with E-state index in [1.165, 1.54) is 37.4 Å². The Morgan fingerprint density at radius 1 is 0.919 bits per heavy atom. The summed E-state index contributed by atoms with van der Waals surface area (Å²) in [6, 6.07) is 8.97. The summed E-state index contributed by atoms with van der Waals surface area (Å²) in [6.07, 6.45) is -8.78. The number of hydrogen-bond donors (Lipinski definition) is 8. The average Bonchev–Trinajstić information content (AvgIpc) is 2.91. The maximum atomic E-state index is 10.9. The summed E-state index contributed by atoms with van der Waals surface area (Å²) in [7, 11) is 1.34. The van der Waals surface area contributed by atoms with Crippen molar-refractivity contribution in [3.8, 4) is 23.0 Å². The fourth-order valence-electron chi connectivity index (χ4n) is 3.94. The Balaban J connectivity index is 1.74. The highest BCUT2D eigenvalue weighted by Crippen LogP contribution is 2.36. The molecule has 0 saturated carbocycles. The van der Waals surface area contributed by atoms with Gasteiger partial charge in [-0.3, -0.25) is 0 Å². The summed E-state index contributed by atoms with van der Waals surface area (Å²) < 4.78 is 21.9. The molecule has 1 heterocycles. The number of aliphatic hydroxyl groups is 7. The van der Waals surface area contributed by atoms with E-state index in [0.717, 1.165) is 5.56 Å². The van der Waals surface area contributed by atoms with Crippen LogP contribution in [0.4, 0.5) is 0 Å². The lowest BCUT2D eigenvalue weighted by molar-refractivity contribution is -0.277. The van der Waals surface area contributed by atoms with Crippen LogP contribution in [0.1, 0.15) is 23.7 Å². The number of methoxy groups -OCH3 is 1. The topological polar surface area (TPSA) is 199 Å². The third kappa shape index (κ3) is 6.80. The van der Waals surface area contributed by atoms with E-state index in [2.05, 4.69) is 0 Å². The second-order valence-corrected chi connectivity index (χ2v) is 8.64. The first-order chi connectivity index (χ1) is 17.7. The van der Waals surface area contributed by atoms with Crippen molar-refractivity contribution in [3.05, 3.63) is 47.5 Å². The Morgan fingerprint density at radius 2 is 1.65 bits per heavy atom. The minimum atomic E-state index is -1.62. The summed E-state index contributed by atoms with van der Waals surface area (Å²) in [6.45, 7) is -1.18. The highest BCUT2D eigenvalue weighted by Gasteiger charge is 2.45. The van der Waals surface area contributed by atoms with Crippen molar-refractivity contribution in [1.82, 2.24) is 0 Å². The summed E-state index contributed by atoms with van der Waals surface area (Å²) in [5, 5.41) is 79.4. The van der Waals surface area contributed by atoms with Gasteiger partial charge in [0.1, 0.15) is 30.5 Å². The molecule has 0 radical (unpaired) electrons. The lowest BCUT2D eigenvalue weighted by Gasteiger charge is -2.39. The second kappa shape index (κ2) is 13.2. The van der Waals surface area contributed by atoms with Crippen LogP contribution in [0.2, 0.25) is 0 Å². The fraction of sp³-hybridized carbons (Fsp3) is 0.520. The number of phenolic OH excluding ortho intramolecular Hbond substituents is 1. The molecule has 7 atom stereocenters. The molecule has 0 aromatic heterocycles. The first-order valence-electron chi connectivity index (χ1n) is 11.8. The second-order valence-electron chi connectivity index (χ2n) is 8.64. The number of benzene rings is 2. The molecule has 0 unspecified atom stereocenters. The van der Waals surface area contributed by atoms with E-state index in [9.17, 15) is 35.7 Å². The van der Waals surface area contributed by atoms with Crippen LogP contribution in [0.15, 0.2) is 36.4 Å². The summed E-state index contributed by atoms with van der Waals surface area (Å²) in [5.41, 5.74) is 1.07. The molecule has 1 fully saturated rings. The first-order valence-corrected chi connectivity index (χ1v) is 11.8. The first kappa shape index (κ1) is 28.9. The lowest BCUT2D eigenvalue weighted by Crippen LogP contribution is -2.60. The Kier molecular flexibility index (Phi) is 10.3. The maximum Gasteiger partial charge on any atom is 0.229 e. The minimum absolute atomic E-state index is 0.0214. The van der Waals surface area contributed by atoms with E-state index in [0.29, 0.717) is 12.8 Å². The van der Waals surface area contributed by atoms with Gasteiger partial charge >= 0.3 is 0 Å². The van der Waals surface area contributed by atoms with E-state index in [1.807, 2.05) is 0 Å². The standard InChI is InChI=1S/C25H34O12/c1-34-18-10-14(5-7-17(18)36-25-24(33)23(32)22(31)20(12-28)37-25)21(30)19(11-27)35-16-6-4-13(3-2-8-26)9-15(16)29/h4-7,9-10,19-33H,2-3,8,11-12H2,1H3/t19-,20-,21+,22-,23+,24-,25-/m1/s1. The molecule has 0 spiro atoms. The van der Waals surface area contributed by atoms with Crippen molar-refractivity contribution >= 4 is 0 Å². The van der Waals surface area contributed by atoms with Crippen molar-refractivity contribution < 1.29 is 59.8 Å². The van der Waals surface area contributed by atoms with Crippen molar-refractivity contribution in [1.29, 1.82) is 0 Å². The zero-order chi connectivity index (χ0) is 27.1. The van der Waals surface area contributed by atoms with Gasteiger partial charge in [0, 0.05) is 6.61 Å². The molecule has 1 saturated heterocycles. The number of aryl methyl sites for hydroxylation is 1. The van der Waals surface area contributed by atoms with Crippen molar-refractivity contribution in [2.45, 2.75) is 55.8 Å². The molecule has 3 rings (SSSR count). The third-order valence-corrected chi connectivity index (χ3v) is 6.08. The van der Waals surface area contributed by atoms with Gasteiger partial charge in [0.05, 0.1) is 20.3 Å². The number of ether oxygens (including phenoxy) is 4. The molecular weight excluding hydrogens is 492 g/mol. The number of hydrogen-bond acceptors (Lipinski definition) is 12. The fourth-order valence-corrected chi connectivity index (χ4v) is 3.94. The van der Waals surface area contributed by atoms with Gasteiger partial charge in [-0.05, 0) is 48.2 Å². The summed E-state index contributed by atoms with van der Waals surface area (Å²) >= 11 is 0. The van der Waals surface area contributed by atoms with E-state index >= 15 is 0 Å². The van der Waals surface area contributed by atoms with Gasteiger partial charge in [0.15, 0.2) is 29.1 Å². The number of rotatable bonds is 12. The number of phenols is 1. The minimum Gasteiger partial charge on any atom is -0.504 e. The van der Waals surface area contributed by atoms with Crippen LogP contribution in [0, 0.1) is 0 Å². The average molecular weight is 527 g/mol. The zero-order valence-corrected chi connectivity index (χ0v) is 20.3. The van der Waals surface area contributed by atoms with Gasteiger partial charge < -0.3 is 59.8 Å². The van der Waals surface area contributed by atoms with Crippen molar-refractivity contribution in [2.24, 2.45) is 0 Å². The molecule has 2 aromatic rings. The zero-order valence-electron chi connectivity index (χ0n) is 20.3. The van der Waals surface area contributed by atoms with Crippen molar-refractivity contribution in [2.75, 3.05) is 26.9 Å². The molecule has 0 amide bonds. The molecule has 206 valence electrons. The Bertz CT molecular complexity index is 1000. The van der Waals surface area contributed by atoms with Gasteiger partial charge in [-0.15, -0.1) is 0 Å². The summed E-state index contributed by atoms with van der Waals surface area (Å²) in [4.78, 5) is 0. The molecule has 1 aliphatic heterocycles. The van der Waals surface area contributed by atoms with E-state index in [4.69, 9.17) is 24.1 Å². The van der Waals surface area contributed by atoms with Crippen LogP contribution in [-0.2, 0) is 11.2 Å². The molecule has 37 heavy (non-hydrogen) atoms. The van der Waals surface area contributed by atoms with Gasteiger partial charge in [-0.25, -0.2) is 0 Å². The third-order valence-electron chi connectivity index (χ3n) is 6.08. The summed E-state index contributed by atoms with van der Waals surface area (Å²) in [5.74, 6) is 0.0592. The van der Waals surface area contributed by atoms with Gasteiger partial charge in [-0.1, -0.05) is 12.1 Å². The molecule has 2 aromatic carbocycles. The molecule has 12 heteroatoms. The quantitative estimate of drug-likeness (QED) is 0.168. The van der Waals surface area contributed by atoms with Crippen LogP contribution < -0.4 is 14.2 Å². The monoisotopic (exact) mass is 526 g/mol. The Hall–Kier alpha value is -2.68. The van der Waals surface area contributed by atoms with Crippen LogP contribution in [0.3, 0.4) is 0 Å². The SMILES string of the molecule is COc1cc([C@H](O)[C@@H](CO)Oc2ccc(CCCO)cc2O)ccc1O[C@@H]1O[C@H](CO)[C@@H](O)[C@H](O)[C@H]1O. The van der Waals surface area contributed by atoms with Crippen LogP contribution >= 0.6 is 0 Å². The molecular formula is C25H34O12. The number of aliphatic hydroxyl groups excluding tert-OH is 7. The Labute approximate surface area is 213 Å². The Morgan fingerprint density at radius 3 is 2.27 bits per heavy atom.